The second-order valence-electron chi connectivity index (χ2n) is 5.90. The van der Waals surface area contributed by atoms with Crippen molar-refractivity contribution in [3.8, 4) is 17.2 Å². The molecule has 0 aliphatic heterocycles. The first-order valence-electron chi connectivity index (χ1n) is 8.01. The molecule has 4 rings (SSSR count). The van der Waals surface area contributed by atoms with Crippen molar-refractivity contribution in [2.45, 2.75) is 0 Å². The zero-order chi connectivity index (χ0) is 19.1. The zero-order valence-electron chi connectivity index (χ0n) is 14.1. The molecule has 0 saturated carbocycles. The third-order valence-corrected chi connectivity index (χ3v) is 5.24. The van der Waals surface area contributed by atoms with Gasteiger partial charge in [-0.3, -0.25) is 9.59 Å². The summed E-state index contributed by atoms with van der Waals surface area (Å²) in [6, 6.07) is 7.96. The van der Waals surface area contributed by atoms with Crippen LogP contribution in [0.3, 0.4) is 0 Å². The second-order valence-corrected chi connectivity index (χ2v) is 6.93. The number of benzene rings is 2. The van der Waals surface area contributed by atoms with E-state index >= 15 is 0 Å². The molecule has 0 radical (unpaired) electrons. The summed E-state index contributed by atoms with van der Waals surface area (Å²) in [5, 5.41) is 23.4. The minimum Gasteiger partial charge on any atom is -0.507 e. The van der Waals surface area contributed by atoms with E-state index in [2.05, 4.69) is 10.3 Å². The molecule has 0 spiro atoms. The van der Waals surface area contributed by atoms with Gasteiger partial charge in [-0.15, -0.1) is 0 Å². The van der Waals surface area contributed by atoms with Crippen LogP contribution in [0.5, 0.6) is 17.2 Å². The number of phenolic OH excluding ortho intramolecular Hbond substituents is 2. The minimum atomic E-state index is -0.527. The lowest BCUT2D eigenvalue weighted by molar-refractivity contribution is 0.0979. The topological polar surface area (TPSA) is 109 Å². The number of methoxy groups -OCH3 is 1. The van der Waals surface area contributed by atoms with E-state index in [9.17, 15) is 19.8 Å². The van der Waals surface area contributed by atoms with Crippen molar-refractivity contribution >= 4 is 38.3 Å². The number of hydrogen-bond acceptors (Lipinski definition) is 8. The van der Waals surface area contributed by atoms with Gasteiger partial charge < -0.3 is 20.3 Å². The molecule has 0 saturated heterocycles. The summed E-state index contributed by atoms with van der Waals surface area (Å²) in [5.41, 5.74) is 0.541. The Labute approximate surface area is 157 Å². The van der Waals surface area contributed by atoms with Crippen LogP contribution in [0.1, 0.15) is 20.7 Å². The lowest BCUT2D eigenvalue weighted by atomic mass is 9.88. The maximum atomic E-state index is 12.7. The number of aromatic hydroxyl groups is 2. The molecule has 0 amide bonds. The lowest BCUT2D eigenvalue weighted by Crippen LogP contribution is -2.22. The van der Waals surface area contributed by atoms with Crippen LogP contribution in [0, 0.1) is 0 Å². The van der Waals surface area contributed by atoms with Crippen LogP contribution >= 0.6 is 11.3 Å². The molecule has 8 heteroatoms. The molecule has 136 valence electrons. The molecule has 2 aromatic carbocycles. The molecular weight excluding hydrogens is 368 g/mol. The Hall–Kier alpha value is -3.39. The number of carbonyl (C=O) groups excluding carboxylic acids is 2. The quantitative estimate of drug-likeness (QED) is 0.595. The van der Waals surface area contributed by atoms with Gasteiger partial charge in [0.25, 0.3) is 0 Å². The van der Waals surface area contributed by atoms with Crippen LogP contribution < -0.4 is 10.1 Å². The number of Topliss-reactive ketones (excluding diaryl/α,β-unsaturated/α-hetero) is 1. The number of hydrogen-bond donors (Lipinski definition) is 3. The Kier molecular flexibility index (Phi) is 4.04. The highest BCUT2D eigenvalue weighted by molar-refractivity contribution is 7.22. The van der Waals surface area contributed by atoms with E-state index in [-0.39, 0.29) is 34.7 Å². The number of ether oxygens (including phenoxy) is 1. The van der Waals surface area contributed by atoms with Gasteiger partial charge in [0.05, 0.1) is 22.9 Å². The Balaban J connectivity index is 1.62. The van der Waals surface area contributed by atoms with Gasteiger partial charge in [0.2, 0.25) is 0 Å². The number of carbonyl (C=O) groups is 2. The van der Waals surface area contributed by atoms with Gasteiger partial charge in [0.15, 0.2) is 16.7 Å². The predicted octanol–water partition coefficient (Wildman–Crippen LogP) is 3.13. The molecule has 0 atom stereocenters. The molecule has 27 heavy (non-hydrogen) atoms. The summed E-state index contributed by atoms with van der Waals surface area (Å²) in [6.45, 7) is 0.0568. The summed E-state index contributed by atoms with van der Waals surface area (Å²) < 4.78 is 6.21. The van der Waals surface area contributed by atoms with Crippen LogP contribution in [0.4, 0.5) is 5.13 Å². The van der Waals surface area contributed by atoms with E-state index in [0.29, 0.717) is 16.4 Å². The Morgan fingerprint density at radius 1 is 1.11 bits per heavy atom. The lowest BCUT2D eigenvalue weighted by Gasteiger charge is -2.17. The van der Waals surface area contributed by atoms with Crippen LogP contribution in [-0.2, 0) is 0 Å². The van der Waals surface area contributed by atoms with Gasteiger partial charge in [-0.25, -0.2) is 4.98 Å². The molecule has 0 bridgehead atoms. The van der Waals surface area contributed by atoms with Gasteiger partial charge in [-0.05, 0) is 30.3 Å². The molecule has 3 aromatic rings. The van der Waals surface area contributed by atoms with Crippen molar-refractivity contribution < 1.29 is 24.5 Å². The number of nitrogens with one attached hydrogen (secondary N) is 1. The monoisotopic (exact) mass is 382 g/mol. The standard InChI is InChI=1S/C19H14N2O5S/c1-26-13-3-2-4-14-17(13)21-19(27-14)20-8-9-7-12(24)15-10(22)5-6-11(23)16(15)18(9)25/h2-7,22-23H,8H2,1H3,(H,20,21). The number of thiazole rings is 1. The first-order chi connectivity index (χ1) is 13.0. The molecule has 1 heterocycles. The SMILES string of the molecule is COc1cccc2sc(NCC3=CC(=O)c4c(O)ccc(O)c4C3=O)nc12. The molecule has 7 nitrogen and oxygen atoms in total. The zero-order valence-corrected chi connectivity index (χ0v) is 15.0. The number of fused-ring (bicyclic) bond motifs is 2. The summed E-state index contributed by atoms with van der Waals surface area (Å²) >= 11 is 1.39. The maximum absolute atomic E-state index is 12.7. The highest BCUT2D eigenvalue weighted by atomic mass is 32.1. The Morgan fingerprint density at radius 2 is 1.85 bits per heavy atom. The van der Waals surface area contributed by atoms with Crippen molar-refractivity contribution in [3.05, 3.63) is 53.1 Å². The van der Waals surface area contributed by atoms with E-state index in [0.717, 1.165) is 4.70 Å². The normalized spacial score (nSPS) is 13.4. The van der Waals surface area contributed by atoms with E-state index in [4.69, 9.17) is 4.74 Å². The van der Waals surface area contributed by atoms with E-state index in [1.807, 2.05) is 18.2 Å². The molecule has 1 aliphatic carbocycles. The molecule has 1 aliphatic rings. The average molecular weight is 382 g/mol. The van der Waals surface area contributed by atoms with Crippen LogP contribution in [-0.4, -0.2) is 40.4 Å². The summed E-state index contributed by atoms with van der Waals surface area (Å²) in [6.07, 6.45) is 1.17. The number of phenols is 2. The van der Waals surface area contributed by atoms with Gasteiger partial charge in [-0.2, -0.15) is 0 Å². The fourth-order valence-corrected chi connectivity index (χ4v) is 3.86. The highest BCUT2D eigenvalue weighted by Crippen LogP contribution is 2.35. The van der Waals surface area contributed by atoms with Crippen molar-refractivity contribution in [3.63, 3.8) is 0 Å². The predicted molar refractivity (Wildman–Crippen MR) is 101 cm³/mol. The van der Waals surface area contributed by atoms with Crippen LogP contribution in [0.15, 0.2) is 42.0 Å². The largest absolute Gasteiger partial charge is 0.507 e. The molecular formula is C19H14N2O5S. The average Bonchev–Trinajstić information content (AvgIpc) is 3.08. The molecule has 3 N–H and O–H groups in total. The molecule has 1 aromatic heterocycles. The maximum Gasteiger partial charge on any atom is 0.195 e. The number of nitrogens with zero attached hydrogens (tertiary/aromatic N) is 1. The number of anilines is 1. The second kappa shape index (κ2) is 6.40. The fourth-order valence-electron chi connectivity index (χ4n) is 2.98. The third-order valence-electron chi connectivity index (χ3n) is 4.26. The van der Waals surface area contributed by atoms with Crippen molar-refractivity contribution in [1.29, 1.82) is 0 Å². The Bertz CT molecular complexity index is 1130. The fraction of sp³-hybridized carbons (Fsp3) is 0.105. The molecule has 0 fully saturated rings. The summed E-state index contributed by atoms with van der Waals surface area (Å²) in [4.78, 5) is 29.4. The molecule has 0 unspecified atom stereocenters. The third kappa shape index (κ3) is 2.80. The highest BCUT2D eigenvalue weighted by Gasteiger charge is 2.30. The van der Waals surface area contributed by atoms with Crippen molar-refractivity contribution in [2.24, 2.45) is 0 Å². The van der Waals surface area contributed by atoms with E-state index in [1.165, 1.54) is 29.5 Å². The van der Waals surface area contributed by atoms with Gasteiger partial charge in [0, 0.05) is 12.1 Å². The van der Waals surface area contributed by atoms with Crippen LogP contribution in [0.25, 0.3) is 10.2 Å². The summed E-state index contributed by atoms with van der Waals surface area (Å²) in [5.74, 6) is -1.06. The minimum absolute atomic E-state index is 0.0568. The van der Waals surface area contributed by atoms with E-state index in [1.54, 1.807) is 7.11 Å². The first-order valence-corrected chi connectivity index (χ1v) is 8.83. The van der Waals surface area contributed by atoms with Crippen molar-refractivity contribution in [1.82, 2.24) is 4.98 Å². The number of rotatable bonds is 4. The first kappa shape index (κ1) is 17.0. The van der Waals surface area contributed by atoms with Gasteiger partial charge in [0.1, 0.15) is 22.8 Å². The number of para-hydroxylation sites is 1. The summed E-state index contributed by atoms with van der Waals surface area (Å²) in [7, 11) is 1.57. The van der Waals surface area contributed by atoms with Crippen molar-refractivity contribution in [2.75, 3.05) is 19.0 Å². The smallest absolute Gasteiger partial charge is 0.195 e. The Morgan fingerprint density at radius 3 is 2.59 bits per heavy atom. The number of ketones is 2. The van der Waals surface area contributed by atoms with Gasteiger partial charge >= 0.3 is 0 Å². The van der Waals surface area contributed by atoms with Gasteiger partial charge in [-0.1, -0.05) is 17.4 Å². The van der Waals surface area contributed by atoms with E-state index < -0.39 is 11.6 Å². The van der Waals surface area contributed by atoms with Crippen LogP contribution in [0.2, 0.25) is 0 Å². The number of aromatic nitrogens is 1. The number of allylic oxidation sites excluding steroid dienone is 1.